The number of anilines is 1. The Hall–Kier alpha value is -2.04. The number of piperazine rings is 1. The molecule has 0 aromatic heterocycles. The van der Waals surface area contributed by atoms with Crippen LogP contribution in [0.15, 0.2) is 48.5 Å². The average Bonchev–Trinajstić information content (AvgIpc) is 2.75. The summed E-state index contributed by atoms with van der Waals surface area (Å²) in [5.74, 6) is -0.0978. The van der Waals surface area contributed by atoms with E-state index in [4.69, 9.17) is 16.3 Å². The highest BCUT2D eigenvalue weighted by atomic mass is 35.5. The van der Waals surface area contributed by atoms with E-state index in [9.17, 15) is 4.79 Å². The summed E-state index contributed by atoms with van der Waals surface area (Å²) in [5, 5.41) is 0.787. The third kappa shape index (κ3) is 7.06. The van der Waals surface area contributed by atoms with E-state index in [1.165, 1.54) is 16.8 Å². The molecule has 1 heterocycles. The van der Waals surface area contributed by atoms with Gasteiger partial charge in [0.05, 0.1) is 6.61 Å². The van der Waals surface area contributed by atoms with E-state index in [0.29, 0.717) is 13.0 Å². The molecule has 2 aromatic carbocycles. The third-order valence-corrected chi connectivity index (χ3v) is 5.62. The molecule has 0 N–H and O–H groups in total. The molecule has 0 spiro atoms. The van der Waals surface area contributed by atoms with Gasteiger partial charge in [0.1, 0.15) is 0 Å². The third-order valence-electron chi connectivity index (χ3n) is 5.37. The van der Waals surface area contributed by atoms with Gasteiger partial charge in [-0.25, -0.2) is 0 Å². The maximum atomic E-state index is 11.7. The fourth-order valence-electron chi connectivity index (χ4n) is 3.53. The molecule has 1 aliphatic rings. The number of nitrogens with zero attached hydrogens (tertiary/aromatic N) is 2. The van der Waals surface area contributed by atoms with Crippen molar-refractivity contribution in [2.24, 2.45) is 0 Å². The van der Waals surface area contributed by atoms with Crippen molar-refractivity contribution in [2.45, 2.75) is 39.2 Å². The molecule has 0 amide bonds. The van der Waals surface area contributed by atoms with E-state index >= 15 is 0 Å². The first-order valence-electron chi connectivity index (χ1n) is 10.6. The molecule has 29 heavy (non-hydrogen) atoms. The second-order valence-corrected chi connectivity index (χ2v) is 8.07. The first-order chi connectivity index (χ1) is 14.1. The number of ether oxygens (including phenoxy) is 1. The topological polar surface area (TPSA) is 32.8 Å². The molecular formula is C24H31ClN2O2. The molecule has 0 bridgehead atoms. The van der Waals surface area contributed by atoms with Crippen LogP contribution in [0.4, 0.5) is 5.69 Å². The Morgan fingerprint density at radius 3 is 2.28 bits per heavy atom. The minimum Gasteiger partial charge on any atom is -0.466 e. The zero-order valence-electron chi connectivity index (χ0n) is 17.3. The average molecular weight is 415 g/mol. The van der Waals surface area contributed by atoms with Crippen LogP contribution in [0.3, 0.4) is 0 Å². The van der Waals surface area contributed by atoms with Gasteiger partial charge in [-0.1, -0.05) is 49.2 Å². The van der Waals surface area contributed by atoms with Gasteiger partial charge in [0.15, 0.2) is 0 Å². The maximum Gasteiger partial charge on any atom is 0.306 e. The Morgan fingerprint density at radius 2 is 1.62 bits per heavy atom. The number of carbonyl (C=O) groups is 1. The number of benzene rings is 2. The zero-order chi connectivity index (χ0) is 20.5. The Labute approximate surface area is 179 Å². The first kappa shape index (κ1) is 21.7. The number of hydrogen-bond donors (Lipinski definition) is 0. The summed E-state index contributed by atoms with van der Waals surface area (Å²) in [4.78, 5) is 16.7. The summed E-state index contributed by atoms with van der Waals surface area (Å²) in [5.41, 5.74) is 3.74. The van der Waals surface area contributed by atoms with Crippen molar-refractivity contribution in [1.82, 2.24) is 4.90 Å². The van der Waals surface area contributed by atoms with Crippen LogP contribution in [0.25, 0.3) is 0 Å². The van der Waals surface area contributed by atoms with Crippen molar-refractivity contribution in [3.63, 3.8) is 0 Å². The van der Waals surface area contributed by atoms with Gasteiger partial charge in [-0.2, -0.15) is 0 Å². The van der Waals surface area contributed by atoms with Gasteiger partial charge in [-0.3, -0.25) is 9.69 Å². The highest BCUT2D eigenvalue weighted by molar-refractivity contribution is 6.30. The largest absolute Gasteiger partial charge is 0.466 e. The van der Waals surface area contributed by atoms with Crippen molar-refractivity contribution in [3.05, 3.63) is 64.7 Å². The molecule has 0 unspecified atom stereocenters. The molecule has 3 rings (SSSR count). The lowest BCUT2D eigenvalue weighted by molar-refractivity contribution is -0.143. The summed E-state index contributed by atoms with van der Waals surface area (Å²) < 4.78 is 5.22. The predicted octanol–water partition coefficient (Wildman–Crippen LogP) is 4.94. The van der Waals surface area contributed by atoms with Gasteiger partial charge in [-0.05, 0) is 48.2 Å². The van der Waals surface area contributed by atoms with Gasteiger partial charge in [0.2, 0.25) is 0 Å². The molecule has 156 valence electrons. The lowest BCUT2D eigenvalue weighted by Crippen LogP contribution is -2.45. The van der Waals surface area contributed by atoms with E-state index in [2.05, 4.69) is 53.1 Å². The van der Waals surface area contributed by atoms with Crippen LogP contribution in [0, 0.1) is 0 Å². The second-order valence-electron chi connectivity index (χ2n) is 7.63. The number of hydrogen-bond acceptors (Lipinski definition) is 4. The van der Waals surface area contributed by atoms with Crippen LogP contribution in [0.1, 0.15) is 37.3 Å². The number of unbranched alkanes of at least 4 members (excludes halogenated alkanes) is 1. The Balaban J connectivity index is 1.41. The van der Waals surface area contributed by atoms with Crippen LogP contribution in [0.2, 0.25) is 5.02 Å². The summed E-state index contributed by atoms with van der Waals surface area (Å²) in [6, 6.07) is 16.7. The van der Waals surface area contributed by atoms with Crippen molar-refractivity contribution < 1.29 is 9.53 Å². The Kier molecular flexibility index (Phi) is 8.38. The van der Waals surface area contributed by atoms with Gasteiger partial charge in [0, 0.05) is 49.9 Å². The summed E-state index contributed by atoms with van der Waals surface area (Å²) in [6.07, 6.45) is 3.17. The molecule has 5 heteroatoms. The van der Waals surface area contributed by atoms with Crippen LogP contribution in [-0.4, -0.2) is 43.7 Å². The SMILES string of the molecule is CCCCOC(=O)CCc1ccc(N2CCN(Cc3ccc(Cl)cc3)CC2)cc1. The number of esters is 1. The maximum absolute atomic E-state index is 11.7. The molecular weight excluding hydrogens is 384 g/mol. The number of rotatable bonds is 9. The quantitative estimate of drug-likeness (QED) is 0.430. The highest BCUT2D eigenvalue weighted by Gasteiger charge is 2.17. The van der Waals surface area contributed by atoms with Gasteiger partial charge in [0.25, 0.3) is 0 Å². The monoisotopic (exact) mass is 414 g/mol. The molecule has 1 saturated heterocycles. The van der Waals surface area contributed by atoms with E-state index in [1.54, 1.807) is 0 Å². The molecule has 4 nitrogen and oxygen atoms in total. The second kappa shape index (κ2) is 11.2. The standard InChI is InChI=1S/C24H31ClN2O2/c1-2-3-18-29-24(28)13-8-20-6-11-23(12-7-20)27-16-14-26(15-17-27)19-21-4-9-22(25)10-5-21/h4-7,9-12H,2-3,8,13-19H2,1H3. The predicted molar refractivity (Wildman–Crippen MR) is 120 cm³/mol. The van der Waals surface area contributed by atoms with Crippen molar-refractivity contribution in [1.29, 1.82) is 0 Å². The summed E-state index contributed by atoms with van der Waals surface area (Å²) >= 11 is 5.97. The molecule has 0 saturated carbocycles. The summed E-state index contributed by atoms with van der Waals surface area (Å²) in [6.45, 7) is 7.75. The zero-order valence-corrected chi connectivity index (χ0v) is 18.0. The van der Waals surface area contributed by atoms with E-state index in [-0.39, 0.29) is 5.97 Å². The lowest BCUT2D eigenvalue weighted by atomic mass is 10.1. The van der Waals surface area contributed by atoms with E-state index in [0.717, 1.165) is 57.0 Å². The van der Waals surface area contributed by atoms with Gasteiger partial charge in [-0.15, -0.1) is 0 Å². The van der Waals surface area contributed by atoms with Crippen molar-refractivity contribution >= 4 is 23.3 Å². The van der Waals surface area contributed by atoms with Crippen LogP contribution < -0.4 is 4.90 Å². The number of aryl methyl sites for hydroxylation is 1. The Bertz CT molecular complexity index is 753. The fourth-order valence-corrected chi connectivity index (χ4v) is 3.66. The number of halogens is 1. The molecule has 0 aliphatic carbocycles. The van der Waals surface area contributed by atoms with Crippen molar-refractivity contribution in [2.75, 3.05) is 37.7 Å². The van der Waals surface area contributed by atoms with Crippen LogP contribution in [0.5, 0.6) is 0 Å². The normalized spacial score (nSPS) is 14.8. The highest BCUT2D eigenvalue weighted by Crippen LogP contribution is 2.19. The fraction of sp³-hybridized carbons (Fsp3) is 0.458. The molecule has 1 aliphatic heterocycles. The lowest BCUT2D eigenvalue weighted by Gasteiger charge is -2.36. The van der Waals surface area contributed by atoms with Crippen LogP contribution >= 0.6 is 11.6 Å². The van der Waals surface area contributed by atoms with Crippen molar-refractivity contribution in [3.8, 4) is 0 Å². The van der Waals surface area contributed by atoms with Crippen LogP contribution in [-0.2, 0) is 22.5 Å². The number of carbonyl (C=O) groups excluding carboxylic acids is 1. The minimum absolute atomic E-state index is 0.0978. The molecule has 1 fully saturated rings. The smallest absolute Gasteiger partial charge is 0.306 e. The first-order valence-corrected chi connectivity index (χ1v) is 11.0. The van der Waals surface area contributed by atoms with Gasteiger partial charge >= 0.3 is 5.97 Å². The summed E-state index contributed by atoms with van der Waals surface area (Å²) in [7, 11) is 0. The molecule has 0 radical (unpaired) electrons. The van der Waals surface area contributed by atoms with Gasteiger partial charge < -0.3 is 9.64 Å². The Morgan fingerprint density at radius 1 is 0.966 bits per heavy atom. The molecule has 0 atom stereocenters. The van der Waals surface area contributed by atoms with E-state index < -0.39 is 0 Å². The minimum atomic E-state index is -0.0978. The van der Waals surface area contributed by atoms with E-state index in [1.807, 2.05) is 12.1 Å². The molecule has 2 aromatic rings.